The standard InChI is InChI=1S/C30H34ClN7O2/c1-35-13-4-7-23(35)19-40-30-33-26-18-36(27-9-3-6-21-5-2-8-25(31)28(21)27)14-11-24(26)29(34-30)37-15-16-38(20-39)22(17-37)10-12-32/h2-3,5-6,8-9,20,22-23H,4,7,10-11,13-19H2,1H3. The Morgan fingerprint density at radius 1 is 1.10 bits per heavy atom. The summed E-state index contributed by atoms with van der Waals surface area (Å²) in [7, 11) is 2.13. The molecular formula is C30H34ClN7O2. The molecular weight excluding hydrogens is 526 g/mol. The van der Waals surface area contributed by atoms with Gasteiger partial charge < -0.3 is 24.3 Å². The van der Waals surface area contributed by atoms with Crippen molar-refractivity contribution in [2.45, 2.75) is 44.3 Å². The number of benzene rings is 2. The average molecular weight is 560 g/mol. The lowest BCUT2D eigenvalue weighted by molar-refractivity contribution is -0.120. The van der Waals surface area contributed by atoms with Crippen molar-refractivity contribution in [1.29, 1.82) is 5.26 Å². The Kier molecular flexibility index (Phi) is 7.63. The third-order valence-electron chi connectivity index (χ3n) is 8.56. The van der Waals surface area contributed by atoms with Gasteiger partial charge in [0, 0.05) is 48.9 Å². The molecule has 40 heavy (non-hydrogen) atoms. The zero-order valence-corrected chi connectivity index (χ0v) is 23.6. The number of rotatable bonds is 7. The smallest absolute Gasteiger partial charge is 0.318 e. The van der Waals surface area contributed by atoms with Crippen molar-refractivity contribution < 1.29 is 9.53 Å². The number of carbonyl (C=O) groups is 1. The van der Waals surface area contributed by atoms with Gasteiger partial charge in [0.1, 0.15) is 12.4 Å². The molecule has 2 fully saturated rings. The molecule has 208 valence electrons. The molecule has 2 aromatic carbocycles. The largest absolute Gasteiger partial charge is 0.462 e. The van der Waals surface area contributed by atoms with E-state index in [-0.39, 0.29) is 12.5 Å². The first kappa shape index (κ1) is 26.6. The zero-order valence-electron chi connectivity index (χ0n) is 22.8. The Bertz CT molecular complexity index is 1440. The van der Waals surface area contributed by atoms with Crippen LogP contribution in [0.2, 0.25) is 5.02 Å². The summed E-state index contributed by atoms with van der Waals surface area (Å²) in [6.07, 6.45) is 4.19. The molecule has 3 aliphatic heterocycles. The van der Waals surface area contributed by atoms with Gasteiger partial charge in [-0.3, -0.25) is 4.79 Å². The number of ether oxygens (including phenoxy) is 1. The Morgan fingerprint density at radius 3 is 2.73 bits per heavy atom. The molecule has 2 unspecified atom stereocenters. The Hall–Kier alpha value is -3.61. The van der Waals surface area contributed by atoms with E-state index in [4.69, 9.17) is 26.3 Å². The van der Waals surface area contributed by atoms with E-state index < -0.39 is 0 Å². The van der Waals surface area contributed by atoms with Crippen molar-refractivity contribution in [3.05, 3.63) is 52.7 Å². The summed E-state index contributed by atoms with van der Waals surface area (Å²) in [5, 5.41) is 12.3. The number of likely N-dealkylation sites (tertiary alicyclic amines) is 1. The van der Waals surface area contributed by atoms with E-state index in [9.17, 15) is 10.1 Å². The van der Waals surface area contributed by atoms with Crippen LogP contribution in [0.1, 0.15) is 30.5 Å². The molecule has 0 radical (unpaired) electrons. The Morgan fingerprint density at radius 2 is 1.95 bits per heavy atom. The van der Waals surface area contributed by atoms with Gasteiger partial charge >= 0.3 is 6.01 Å². The third kappa shape index (κ3) is 5.14. The summed E-state index contributed by atoms with van der Waals surface area (Å²) in [5.41, 5.74) is 3.16. The number of hydrogen-bond acceptors (Lipinski definition) is 8. The molecule has 1 aromatic heterocycles. The normalized spacial score (nSPS) is 21.4. The van der Waals surface area contributed by atoms with Gasteiger partial charge in [0.05, 0.1) is 35.8 Å². The maximum atomic E-state index is 11.6. The second kappa shape index (κ2) is 11.5. The predicted octanol–water partition coefficient (Wildman–Crippen LogP) is 3.88. The van der Waals surface area contributed by atoms with Gasteiger partial charge in [-0.25, -0.2) is 0 Å². The molecule has 1 amide bonds. The second-order valence-electron chi connectivity index (χ2n) is 10.9. The number of piperazine rings is 1. The molecule has 0 spiro atoms. The molecule has 0 aliphatic carbocycles. The van der Waals surface area contributed by atoms with Crippen LogP contribution in [0.5, 0.6) is 6.01 Å². The number of hydrogen-bond donors (Lipinski definition) is 0. The maximum absolute atomic E-state index is 11.6. The molecule has 3 aliphatic rings. The highest BCUT2D eigenvalue weighted by Crippen LogP contribution is 2.37. The lowest BCUT2D eigenvalue weighted by atomic mass is 10.0. The van der Waals surface area contributed by atoms with Gasteiger partial charge in [0.2, 0.25) is 6.41 Å². The number of amides is 1. The van der Waals surface area contributed by atoms with Crippen LogP contribution in [0, 0.1) is 11.3 Å². The van der Waals surface area contributed by atoms with Crippen LogP contribution in [-0.4, -0.2) is 84.6 Å². The van der Waals surface area contributed by atoms with Crippen molar-refractivity contribution in [2.24, 2.45) is 0 Å². The SMILES string of the molecule is CN1CCCC1COc1nc2c(c(N3CCN(C=O)C(CC#N)C3)n1)CCN(c1cccc3cccc(Cl)c13)C2. The highest BCUT2D eigenvalue weighted by atomic mass is 35.5. The number of nitrogens with zero attached hydrogens (tertiary/aromatic N) is 7. The first-order valence-corrected chi connectivity index (χ1v) is 14.4. The monoisotopic (exact) mass is 559 g/mol. The summed E-state index contributed by atoms with van der Waals surface area (Å²) < 4.78 is 6.26. The highest BCUT2D eigenvalue weighted by molar-refractivity contribution is 6.36. The molecule has 9 nitrogen and oxygen atoms in total. The van der Waals surface area contributed by atoms with E-state index in [1.54, 1.807) is 4.90 Å². The highest BCUT2D eigenvalue weighted by Gasteiger charge is 2.32. The molecule has 3 aromatic rings. The third-order valence-corrected chi connectivity index (χ3v) is 8.88. The van der Waals surface area contributed by atoms with Crippen molar-refractivity contribution in [2.75, 3.05) is 56.2 Å². The maximum Gasteiger partial charge on any atom is 0.318 e. The van der Waals surface area contributed by atoms with Gasteiger partial charge in [-0.05, 0) is 50.4 Å². The first-order valence-electron chi connectivity index (χ1n) is 14.0. The van der Waals surface area contributed by atoms with Crippen LogP contribution >= 0.6 is 11.6 Å². The van der Waals surface area contributed by atoms with E-state index in [0.29, 0.717) is 44.8 Å². The number of aromatic nitrogens is 2. The fraction of sp³-hybridized carbons (Fsp3) is 0.467. The lowest BCUT2D eigenvalue weighted by Crippen LogP contribution is -2.53. The predicted molar refractivity (Wildman–Crippen MR) is 156 cm³/mol. The average Bonchev–Trinajstić information content (AvgIpc) is 3.39. The van der Waals surface area contributed by atoms with Gasteiger partial charge in [-0.2, -0.15) is 15.2 Å². The number of halogens is 1. The number of nitriles is 1. The van der Waals surface area contributed by atoms with Crippen molar-refractivity contribution in [3.63, 3.8) is 0 Å². The fourth-order valence-electron chi connectivity index (χ4n) is 6.31. The van der Waals surface area contributed by atoms with Gasteiger partial charge in [0.15, 0.2) is 0 Å². The van der Waals surface area contributed by atoms with Crippen LogP contribution < -0.4 is 14.5 Å². The van der Waals surface area contributed by atoms with Crippen LogP contribution in [0.15, 0.2) is 36.4 Å². The van der Waals surface area contributed by atoms with Gasteiger partial charge in [-0.1, -0.05) is 35.9 Å². The van der Waals surface area contributed by atoms with Crippen LogP contribution in [0.4, 0.5) is 11.5 Å². The molecule has 10 heteroatoms. The number of likely N-dealkylation sites (N-methyl/N-ethyl adjacent to an activating group) is 1. The van der Waals surface area contributed by atoms with E-state index in [1.807, 2.05) is 12.1 Å². The zero-order chi connectivity index (χ0) is 27.6. The van der Waals surface area contributed by atoms with Crippen molar-refractivity contribution in [3.8, 4) is 12.1 Å². The minimum Gasteiger partial charge on any atom is -0.462 e. The first-order chi connectivity index (χ1) is 19.6. The summed E-state index contributed by atoms with van der Waals surface area (Å²) in [6.45, 7) is 4.81. The van der Waals surface area contributed by atoms with Gasteiger partial charge in [-0.15, -0.1) is 0 Å². The van der Waals surface area contributed by atoms with Gasteiger partial charge in [0.25, 0.3) is 0 Å². The Balaban J connectivity index is 1.34. The second-order valence-corrected chi connectivity index (χ2v) is 11.3. The molecule has 2 atom stereocenters. The van der Waals surface area contributed by atoms with E-state index in [1.165, 1.54) is 6.42 Å². The van der Waals surface area contributed by atoms with Crippen molar-refractivity contribution >= 4 is 40.3 Å². The molecule has 0 bridgehead atoms. The molecule has 6 rings (SSSR count). The summed E-state index contributed by atoms with van der Waals surface area (Å²) in [4.78, 5) is 30.1. The number of fused-ring (bicyclic) bond motifs is 2. The van der Waals surface area contributed by atoms with Crippen LogP contribution in [-0.2, 0) is 17.8 Å². The number of anilines is 2. The summed E-state index contributed by atoms with van der Waals surface area (Å²) in [6, 6.07) is 15.1. The number of carbonyl (C=O) groups excluding carboxylic acids is 1. The van der Waals surface area contributed by atoms with E-state index >= 15 is 0 Å². The molecule has 2 saturated heterocycles. The van der Waals surface area contributed by atoms with E-state index in [2.05, 4.69) is 52.1 Å². The van der Waals surface area contributed by atoms with E-state index in [0.717, 1.165) is 70.9 Å². The molecule has 4 heterocycles. The topological polar surface area (TPSA) is 88.8 Å². The Labute approximate surface area is 239 Å². The minimum absolute atomic E-state index is 0.170. The summed E-state index contributed by atoms with van der Waals surface area (Å²) >= 11 is 6.68. The van der Waals surface area contributed by atoms with Crippen LogP contribution in [0.25, 0.3) is 10.8 Å². The summed E-state index contributed by atoms with van der Waals surface area (Å²) in [5.74, 6) is 0.865. The lowest BCUT2D eigenvalue weighted by Gasteiger charge is -2.41. The van der Waals surface area contributed by atoms with Crippen molar-refractivity contribution in [1.82, 2.24) is 19.8 Å². The quantitative estimate of drug-likeness (QED) is 0.403. The minimum atomic E-state index is -0.170. The fourth-order valence-corrected chi connectivity index (χ4v) is 6.59. The molecule has 0 saturated carbocycles. The van der Waals surface area contributed by atoms with Crippen LogP contribution in [0.3, 0.4) is 0 Å². The molecule has 0 N–H and O–H groups in total.